The van der Waals surface area contributed by atoms with E-state index in [1.54, 1.807) is 0 Å². The molecule has 0 spiro atoms. The van der Waals surface area contributed by atoms with Crippen LogP contribution in [0, 0.1) is 11.8 Å². The molecule has 6 heteroatoms. The van der Waals surface area contributed by atoms with Gasteiger partial charge in [-0.2, -0.15) is 0 Å². The fourth-order valence-corrected chi connectivity index (χ4v) is 17.5. The van der Waals surface area contributed by atoms with Gasteiger partial charge in [0.15, 0.2) is 0 Å². The van der Waals surface area contributed by atoms with Crippen LogP contribution in [0.5, 0.6) is 0 Å². The molecule has 286 valence electrons. The molecule has 0 amide bonds. The van der Waals surface area contributed by atoms with Crippen molar-refractivity contribution >= 4 is 37.4 Å². The van der Waals surface area contributed by atoms with Crippen molar-refractivity contribution in [1.29, 1.82) is 0 Å². The summed E-state index contributed by atoms with van der Waals surface area (Å²) in [5, 5.41) is 16.7. The maximum atomic E-state index is 12.0. The fourth-order valence-electron chi connectivity index (χ4n) is 8.29. The van der Waals surface area contributed by atoms with Gasteiger partial charge in [0.25, 0.3) is 16.6 Å². The third kappa shape index (κ3) is 9.24. The first kappa shape index (κ1) is 41.5. The quantitative estimate of drug-likeness (QED) is 0.0965. The smallest absolute Gasteiger partial charge is 0.261 e. The largest absolute Gasteiger partial charge is 0.407 e. The first-order valence-corrected chi connectivity index (χ1v) is 23.5. The van der Waals surface area contributed by atoms with Crippen molar-refractivity contribution in [3.63, 3.8) is 0 Å². The zero-order valence-corrected chi connectivity index (χ0v) is 35.7. The Morgan fingerprint density at radius 1 is 0.519 bits per heavy atom. The van der Waals surface area contributed by atoms with E-state index in [9.17, 15) is 5.11 Å². The predicted molar refractivity (Wildman–Crippen MR) is 231 cm³/mol. The highest BCUT2D eigenvalue weighted by Crippen LogP contribution is 2.39. The van der Waals surface area contributed by atoms with Crippen LogP contribution in [-0.4, -0.2) is 47.2 Å². The number of aliphatic hydroxyl groups excluding tert-OH is 1. The van der Waals surface area contributed by atoms with Crippen LogP contribution in [0.4, 0.5) is 0 Å². The molecule has 0 aromatic heterocycles. The van der Waals surface area contributed by atoms with E-state index in [4.69, 9.17) is 13.6 Å². The molecule has 0 aliphatic carbocycles. The van der Waals surface area contributed by atoms with E-state index in [0.717, 1.165) is 5.56 Å². The highest BCUT2D eigenvalue weighted by molar-refractivity contribution is 7.00. The SMILES string of the molecule is C[C@H]([C@H](OCc1ccccc1)[C@H](C)CO[Si](c1ccccc1)(c1ccccc1)C(C)(C)C)[C@H](O)CCO[Si](c1ccccc1)(c1ccccc1)C(C)(C)C. The van der Waals surface area contributed by atoms with Crippen LogP contribution in [0.25, 0.3) is 0 Å². The molecule has 5 rings (SSSR count). The fraction of sp³-hybridized carbons (Fsp3) is 0.375. The van der Waals surface area contributed by atoms with Crippen molar-refractivity contribution in [3.8, 4) is 0 Å². The Labute approximate surface area is 327 Å². The van der Waals surface area contributed by atoms with E-state index >= 15 is 0 Å². The number of hydrogen-bond acceptors (Lipinski definition) is 4. The summed E-state index contributed by atoms with van der Waals surface area (Å²) in [7, 11) is -5.50. The van der Waals surface area contributed by atoms with Gasteiger partial charge in [0.05, 0.1) is 18.8 Å². The number of benzene rings is 5. The summed E-state index contributed by atoms with van der Waals surface area (Å²) < 4.78 is 21.4. The van der Waals surface area contributed by atoms with Crippen LogP contribution >= 0.6 is 0 Å². The molecule has 0 unspecified atom stereocenters. The second kappa shape index (κ2) is 18.3. The molecule has 0 aliphatic rings. The third-order valence-electron chi connectivity index (χ3n) is 11.1. The van der Waals surface area contributed by atoms with Gasteiger partial charge in [0.1, 0.15) is 0 Å². The van der Waals surface area contributed by atoms with Gasteiger partial charge in [-0.1, -0.05) is 207 Å². The first-order valence-electron chi connectivity index (χ1n) is 19.6. The van der Waals surface area contributed by atoms with E-state index in [-0.39, 0.29) is 28.0 Å². The summed E-state index contributed by atoms with van der Waals surface area (Å²) in [6, 6.07) is 53.3. The Kier molecular flexibility index (Phi) is 14.1. The summed E-state index contributed by atoms with van der Waals surface area (Å²) >= 11 is 0. The Bertz CT molecular complexity index is 1730. The van der Waals surface area contributed by atoms with E-state index in [2.05, 4.69) is 189 Å². The molecule has 4 atom stereocenters. The van der Waals surface area contributed by atoms with Crippen LogP contribution in [-0.2, 0) is 20.2 Å². The molecule has 0 fully saturated rings. The number of rotatable bonds is 17. The van der Waals surface area contributed by atoms with E-state index in [0.29, 0.717) is 26.2 Å². The minimum Gasteiger partial charge on any atom is -0.407 e. The van der Waals surface area contributed by atoms with E-state index in [1.807, 2.05) is 18.2 Å². The number of ether oxygens (including phenoxy) is 1. The average Bonchev–Trinajstić information content (AvgIpc) is 3.17. The van der Waals surface area contributed by atoms with Gasteiger partial charge in [0, 0.05) is 25.0 Å². The molecule has 0 aliphatic heterocycles. The summed E-state index contributed by atoms with van der Waals surface area (Å²) in [5.41, 5.74) is 1.11. The van der Waals surface area contributed by atoms with E-state index < -0.39 is 22.7 Å². The van der Waals surface area contributed by atoms with Crippen LogP contribution < -0.4 is 20.7 Å². The van der Waals surface area contributed by atoms with Crippen LogP contribution in [0.3, 0.4) is 0 Å². The Hall–Kier alpha value is -3.63. The summed E-state index contributed by atoms with van der Waals surface area (Å²) in [5.74, 6) is -0.174. The lowest BCUT2D eigenvalue weighted by Crippen LogP contribution is -2.67. The zero-order chi connectivity index (χ0) is 38.8. The normalized spacial score (nSPS) is 15.0. The summed E-state index contributed by atoms with van der Waals surface area (Å²) in [4.78, 5) is 0. The monoisotopic (exact) mass is 758 g/mol. The second-order valence-electron chi connectivity index (χ2n) is 16.9. The number of hydrogen-bond donors (Lipinski definition) is 1. The second-order valence-corrected chi connectivity index (χ2v) is 25.6. The molecule has 5 aromatic carbocycles. The maximum absolute atomic E-state index is 12.0. The highest BCUT2D eigenvalue weighted by Gasteiger charge is 2.51. The van der Waals surface area contributed by atoms with Gasteiger partial charge >= 0.3 is 0 Å². The lowest BCUT2D eigenvalue weighted by molar-refractivity contribution is -0.0762. The highest BCUT2D eigenvalue weighted by atomic mass is 28.4. The van der Waals surface area contributed by atoms with Crippen LogP contribution in [0.15, 0.2) is 152 Å². The molecular weight excluding hydrogens is 697 g/mol. The predicted octanol–water partition coefficient (Wildman–Crippen LogP) is 8.75. The topological polar surface area (TPSA) is 47.9 Å². The minimum atomic E-state index is -2.76. The van der Waals surface area contributed by atoms with Crippen molar-refractivity contribution in [1.82, 2.24) is 0 Å². The molecule has 0 radical (unpaired) electrons. The Morgan fingerprint density at radius 2 is 0.870 bits per heavy atom. The average molecular weight is 759 g/mol. The molecule has 0 saturated carbocycles. The molecule has 5 aromatic rings. The molecule has 0 heterocycles. The molecule has 54 heavy (non-hydrogen) atoms. The van der Waals surface area contributed by atoms with Gasteiger partial charge in [-0.25, -0.2) is 0 Å². The van der Waals surface area contributed by atoms with Crippen molar-refractivity contribution in [2.24, 2.45) is 11.8 Å². The molecule has 1 N–H and O–H groups in total. The Morgan fingerprint density at radius 3 is 1.24 bits per heavy atom. The summed E-state index contributed by atoms with van der Waals surface area (Å²) in [6.07, 6.45) is -0.398. The Balaban J connectivity index is 1.41. The van der Waals surface area contributed by atoms with Gasteiger partial charge in [-0.05, 0) is 42.8 Å². The van der Waals surface area contributed by atoms with Gasteiger partial charge in [0.2, 0.25) is 0 Å². The minimum absolute atomic E-state index is 0.00221. The van der Waals surface area contributed by atoms with E-state index in [1.165, 1.54) is 20.7 Å². The molecule has 0 saturated heterocycles. The first-order chi connectivity index (χ1) is 25.8. The van der Waals surface area contributed by atoms with Crippen LogP contribution in [0.2, 0.25) is 10.1 Å². The molecule has 0 bridgehead atoms. The van der Waals surface area contributed by atoms with Crippen LogP contribution in [0.1, 0.15) is 67.4 Å². The van der Waals surface area contributed by atoms with Gasteiger partial charge in [-0.3, -0.25) is 0 Å². The van der Waals surface area contributed by atoms with Crippen molar-refractivity contribution in [3.05, 3.63) is 157 Å². The van der Waals surface area contributed by atoms with Gasteiger partial charge in [-0.15, -0.1) is 0 Å². The third-order valence-corrected chi connectivity index (χ3v) is 21.1. The number of aliphatic hydroxyl groups is 1. The maximum Gasteiger partial charge on any atom is 0.261 e. The van der Waals surface area contributed by atoms with Gasteiger partial charge < -0.3 is 18.7 Å². The standard InChI is InChI=1S/C48H62O4Si2/c1-38(36-52-54(48(6,7)8,43-30-20-12-21-31-43)44-32-22-13-23-33-44)46(50-37-40-24-14-9-15-25-40)39(2)45(49)34-35-51-53(47(3,4)5,41-26-16-10-17-27-41)42-28-18-11-19-29-42/h9-33,38-39,45-46,49H,34-37H2,1-8H3/t38-,39+,45-,46-/m1/s1. The lowest BCUT2D eigenvalue weighted by Gasteiger charge is -2.44. The lowest BCUT2D eigenvalue weighted by atomic mass is 9.88. The molecule has 4 nitrogen and oxygen atoms in total. The summed E-state index contributed by atoms with van der Waals surface area (Å²) in [6.45, 7) is 19.6. The van der Waals surface area contributed by atoms with Crippen molar-refractivity contribution in [2.45, 2.75) is 90.7 Å². The van der Waals surface area contributed by atoms with Crippen molar-refractivity contribution in [2.75, 3.05) is 13.2 Å². The zero-order valence-electron chi connectivity index (χ0n) is 33.7. The van der Waals surface area contributed by atoms with Crippen molar-refractivity contribution < 1.29 is 18.7 Å². The molecular formula is C48H62O4Si2.